The quantitative estimate of drug-likeness (QED) is 0.735. The predicted molar refractivity (Wildman–Crippen MR) is 102 cm³/mol. The minimum atomic E-state index is -0.385. The number of nitrogens with zero attached hydrogens (tertiary/aromatic N) is 2. The molecular formula is C19H22N4O3. The summed E-state index contributed by atoms with van der Waals surface area (Å²) < 4.78 is 5.63. The lowest BCUT2D eigenvalue weighted by atomic mass is 10.2. The van der Waals surface area contributed by atoms with Crippen molar-refractivity contribution in [1.29, 1.82) is 0 Å². The maximum Gasteiger partial charge on any atom is 0.277 e. The highest BCUT2D eigenvalue weighted by Gasteiger charge is 2.20. The summed E-state index contributed by atoms with van der Waals surface area (Å²) >= 11 is 0. The second-order valence-electron chi connectivity index (χ2n) is 6.22. The Hall–Kier alpha value is -3.09. The van der Waals surface area contributed by atoms with Crippen LogP contribution in [-0.2, 0) is 4.79 Å². The number of H-pyrrole nitrogens is 1. The van der Waals surface area contributed by atoms with Crippen molar-refractivity contribution in [1.82, 2.24) is 10.2 Å². The fraction of sp³-hybridized carbons (Fsp3) is 0.316. The number of para-hydroxylation sites is 1. The first-order valence-electron chi connectivity index (χ1n) is 8.51. The highest BCUT2D eigenvalue weighted by Crippen LogP contribution is 2.28. The van der Waals surface area contributed by atoms with E-state index in [-0.39, 0.29) is 23.9 Å². The van der Waals surface area contributed by atoms with Crippen LogP contribution in [0, 0.1) is 20.8 Å². The Morgan fingerprint density at radius 2 is 1.96 bits per heavy atom. The largest absolute Gasteiger partial charge is 0.444 e. The van der Waals surface area contributed by atoms with Gasteiger partial charge in [-0.25, -0.2) is 5.10 Å². The van der Waals surface area contributed by atoms with Gasteiger partial charge in [-0.2, -0.15) is 5.10 Å². The van der Waals surface area contributed by atoms with E-state index < -0.39 is 0 Å². The number of fused-ring (bicyclic) bond motifs is 1. The Morgan fingerprint density at radius 3 is 2.65 bits per heavy atom. The Bertz CT molecular complexity index is 1020. The highest BCUT2D eigenvalue weighted by molar-refractivity contribution is 6.02. The van der Waals surface area contributed by atoms with Gasteiger partial charge in [-0.3, -0.25) is 14.9 Å². The lowest BCUT2D eigenvalue weighted by Gasteiger charge is -2.24. The molecule has 0 bridgehead atoms. The first-order chi connectivity index (χ1) is 12.4. The molecule has 0 aliphatic heterocycles. The number of nitrogens with one attached hydrogen (secondary N) is 2. The van der Waals surface area contributed by atoms with Gasteiger partial charge in [0.05, 0.1) is 17.6 Å². The minimum Gasteiger partial charge on any atom is -0.444 e. The first-order valence-corrected chi connectivity index (χ1v) is 8.51. The maximum atomic E-state index is 12.6. The molecule has 0 radical (unpaired) electrons. The number of aryl methyl sites for hydroxylation is 3. The van der Waals surface area contributed by atoms with Crippen LogP contribution in [-0.4, -0.2) is 29.2 Å². The van der Waals surface area contributed by atoms with Crippen LogP contribution in [0.2, 0.25) is 0 Å². The number of carbonyl (C=O) groups is 1. The van der Waals surface area contributed by atoms with E-state index in [0.717, 1.165) is 11.3 Å². The standard InChI is InChI=1S/C19H22N4O3/c1-5-23(14-9-7-6-8-11(14)2)10-15(24)20-19-17-16(13(4)26-19)12(3)21-22-18(17)25/h6-9H,5,10H2,1-4H3,(H,20,24)(H,22,25). The number of hydrogen-bond acceptors (Lipinski definition) is 5. The van der Waals surface area contributed by atoms with Crippen molar-refractivity contribution in [2.24, 2.45) is 0 Å². The van der Waals surface area contributed by atoms with Gasteiger partial charge in [-0.1, -0.05) is 18.2 Å². The van der Waals surface area contributed by atoms with Crippen molar-refractivity contribution < 1.29 is 9.21 Å². The third kappa shape index (κ3) is 3.20. The highest BCUT2D eigenvalue weighted by atomic mass is 16.4. The number of anilines is 2. The van der Waals surface area contributed by atoms with Crippen LogP contribution in [0.3, 0.4) is 0 Å². The molecule has 0 saturated carbocycles. The molecule has 0 unspecified atom stereocenters. The van der Waals surface area contributed by atoms with Gasteiger partial charge in [0, 0.05) is 12.2 Å². The van der Waals surface area contributed by atoms with Gasteiger partial charge in [0.2, 0.25) is 11.8 Å². The van der Waals surface area contributed by atoms with Crippen LogP contribution in [0.1, 0.15) is 23.9 Å². The summed E-state index contributed by atoms with van der Waals surface area (Å²) in [6.45, 7) is 8.37. The molecule has 3 aromatic rings. The Balaban J connectivity index is 1.87. The molecular weight excluding hydrogens is 332 g/mol. The van der Waals surface area contributed by atoms with Crippen molar-refractivity contribution in [2.45, 2.75) is 27.7 Å². The summed E-state index contributed by atoms with van der Waals surface area (Å²) in [5.41, 5.74) is 2.36. The molecule has 136 valence electrons. The van der Waals surface area contributed by atoms with E-state index in [4.69, 9.17) is 4.42 Å². The van der Waals surface area contributed by atoms with Gasteiger partial charge in [0.25, 0.3) is 5.56 Å². The van der Waals surface area contributed by atoms with E-state index in [1.165, 1.54) is 0 Å². The summed E-state index contributed by atoms with van der Waals surface area (Å²) in [7, 11) is 0. The lowest BCUT2D eigenvalue weighted by molar-refractivity contribution is -0.115. The molecule has 0 atom stereocenters. The fourth-order valence-electron chi connectivity index (χ4n) is 3.16. The minimum absolute atomic E-state index is 0.157. The van der Waals surface area contributed by atoms with E-state index in [0.29, 0.717) is 28.8 Å². The van der Waals surface area contributed by atoms with Crippen LogP contribution in [0.25, 0.3) is 10.8 Å². The van der Waals surface area contributed by atoms with Crippen LogP contribution in [0.5, 0.6) is 0 Å². The number of rotatable bonds is 5. The van der Waals surface area contributed by atoms with Gasteiger partial charge < -0.3 is 9.32 Å². The van der Waals surface area contributed by atoms with E-state index >= 15 is 0 Å². The topological polar surface area (TPSA) is 91.2 Å². The van der Waals surface area contributed by atoms with E-state index in [1.807, 2.05) is 43.0 Å². The number of carbonyl (C=O) groups excluding carboxylic acids is 1. The number of hydrogen-bond donors (Lipinski definition) is 2. The molecule has 0 saturated heterocycles. The van der Waals surface area contributed by atoms with Crippen molar-refractivity contribution in [3.8, 4) is 0 Å². The number of aromatic amines is 1. The molecule has 2 N–H and O–H groups in total. The normalized spacial score (nSPS) is 10.9. The molecule has 0 fully saturated rings. The zero-order chi connectivity index (χ0) is 18.8. The summed E-state index contributed by atoms with van der Waals surface area (Å²) in [4.78, 5) is 26.7. The molecule has 1 aromatic carbocycles. The Kier molecular flexibility index (Phi) is 4.79. The van der Waals surface area contributed by atoms with Gasteiger partial charge in [0.15, 0.2) is 0 Å². The zero-order valence-corrected chi connectivity index (χ0v) is 15.3. The maximum absolute atomic E-state index is 12.6. The van der Waals surface area contributed by atoms with E-state index in [9.17, 15) is 9.59 Å². The molecule has 3 rings (SSSR count). The lowest BCUT2D eigenvalue weighted by Crippen LogP contribution is -2.33. The Morgan fingerprint density at radius 1 is 1.23 bits per heavy atom. The second-order valence-corrected chi connectivity index (χ2v) is 6.22. The molecule has 2 aromatic heterocycles. The summed E-state index contributed by atoms with van der Waals surface area (Å²) in [6.07, 6.45) is 0. The van der Waals surface area contributed by atoms with Gasteiger partial charge in [0.1, 0.15) is 11.1 Å². The summed E-state index contributed by atoms with van der Waals surface area (Å²) in [6, 6.07) is 7.90. The fourth-order valence-corrected chi connectivity index (χ4v) is 3.16. The molecule has 7 heteroatoms. The third-order valence-electron chi connectivity index (χ3n) is 4.42. The van der Waals surface area contributed by atoms with Crippen LogP contribution in [0.4, 0.5) is 11.6 Å². The second kappa shape index (κ2) is 7.03. The van der Waals surface area contributed by atoms with Gasteiger partial charge in [-0.05, 0) is 39.3 Å². The molecule has 0 aliphatic carbocycles. The summed E-state index contributed by atoms with van der Waals surface area (Å²) in [5.74, 6) is 0.465. The van der Waals surface area contributed by atoms with Crippen LogP contribution < -0.4 is 15.8 Å². The SMILES string of the molecule is CCN(CC(=O)Nc1oc(C)c2c(C)n[nH]c(=O)c12)c1ccccc1C. The molecule has 26 heavy (non-hydrogen) atoms. The number of benzene rings is 1. The van der Waals surface area contributed by atoms with Crippen molar-refractivity contribution in [2.75, 3.05) is 23.3 Å². The molecule has 2 heterocycles. The summed E-state index contributed by atoms with van der Waals surface area (Å²) in [5, 5.41) is 10.1. The first kappa shape index (κ1) is 17.7. The van der Waals surface area contributed by atoms with Crippen molar-refractivity contribution in [3.05, 3.63) is 51.6 Å². The van der Waals surface area contributed by atoms with Gasteiger partial charge >= 0.3 is 0 Å². The average molecular weight is 354 g/mol. The number of aromatic nitrogens is 2. The number of likely N-dealkylation sites (N-methyl/N-ethyl adjacent to an activating group) is 1. The van der Waals surface area contributed by atoms with Crippen LogP contribution in [0.15, 0.2) is 33.5 Å². The number of amides is 1. The molecule has 7 nitrogen and oxygen atoms in total. The average Bonchev–Trinajstić information content (AvgIpc) is 2.94. The predicted octanol–water partition coefficient (Wildman–Crippen LogP) is 2.91. The molecule has 0 spiro atoms. The monoisotopic (exact) mass is 354 g/mol. The zero-order valence-electron chi connectivity index (χ0n) is 15.3. The molecule has 1 amide bonds. The third-order valence-corrected chi connectivity index (χ3v) is 4.42. The van der Waals surface area contributed by atoms with Crippen LogP contribution >= 0.6 is 0 Å². The van der Waals surface area contributed by atoms with Crippen molar-refractivity contribution in [3.63, 3.8) is 0 Å². The van der Waals surface area contributed by atoms with Gasteiger partial charge in [-0.15, -0.1) is 0 Å². The van der Waals surface area contributed by atoms with Crippen molar-refractivity contribution >= 4 is 28.3 Å². The van der Waals surface area contributed by atoms with E-state index in [2.05, 4.69) is 15.5 Å². The molecule has 0 aliphatic rings. The number of furan rings is 1. The smallest absolute Gasteiger partial charge is 0.277 e. The van der Waals surface area contributed by atoms with E-state index in [1.54, 1.807) is 13.8 Å². The Labute approximate surface area is 151 Å².